The average Bonchev–Trinajstić information content (AvgIpc) is 2.36. The lowest BCUT2D eigenvalue weighted by Gasteiger charge is -2.25. The Morgan fingerprint density at radius 1 is 1.05 bits per heavy atom. The zero-order valence-corrected chi connectivity index (χ0v) is 12.7. The number of hydrogen-bond acceptors (Lipinski definition) is 4. The van der Waals surface area contributed by atoms with E-state index in [4.69, 9.17) is 9.47 Å². The second kappa shape index (κ2) is 6.55. The predicted molar refractivity (Wildman–Crippen MR) is 76.3 cm³/mol. The second-order valence-electron chi connectivity index (χ2n) is 5.80. The van der Waals surface area contributed by atoms with Crippen molar-refractivity contribution in [1.82, 2.24) is 0 Å². The fourth-order valence-electron chi connectivity index (χ4n) is 1.50. The van der Waals surface area contributed by atoms with Crippen LogP contribution in [0.5, 0.6) is 0 Å². The van der Waals surface area contributed by atoms with Gasteiger partial charge in [-0.15, -0.1) is 0 Å². The van der Waals surface area contributed by atoms with Gasteiger partial charge in [-0.25, -0.2) is 4.79 Å². The highest BCUT2D eigenvalue weighted by molar-refractivity contribution is 5.89. The second-order valence-corrected chi connectivity index (χ2v) is 5.80. The highest BCUT2D eigenvalue weighted by Gasteiger charge is 2.28. The van der Waals surface area contributed by atoms with Crippen LogP contribution in [-0.2, 0) is 14.3 Å². The Morgan fingerprint density at radius 2 is 1.60 bits per heavy atom. The summed E-state index contributed by atoms with van der Waals surface area (Å²) in [6.45, 7) is 8.79. The van der Waals surface area contributed by atoms with Crippen LogP contribution < -0.4 is 0 Å². The van der Waals surface area contributed by atoms with Crippen molar-refractivity contribution >= 4 is 11.9 Å². The van der Waals surface area contributed by atoms with Crippen molar-refractivity contribution in [3.05, 3.63) is 35.9 Å². The Hall–Kier alpha value is -1.84. The summed E-state index contributed by atoms with van der Waals surface area (Å²) in [5.41, 5.74) is -0.0788. The SMILES string of the molecule is CC(OC(=O)c1ccccc1)C(C)C(=O)OC(C)(C)C. The molecule has 2 atom stereocenters. The Morgan fingerprint density at radius 3 is 2.10 bits per heavy atom. The van der Waals surface area contributed by atoms with Crippen LogP contribution in [0.3, 0.4) is 0 Å². The fraction of sp³-hybridized carbons (Fsp3) is 0.500. The molecule has 4 nitrogen and oxygen atoms in total. The van der Waals surface area contributed by atoms with Gasteiger partial charge in [0.25, 0.3) is 0 Å². The summed E-state index contributed by atoms with van der Waals surface area (Å²) in [4.78, 5) is 23.8. The van der Waals surface area contributed by atoms with Gasteiger partial charge < -0.3 is 9.47 Å². The maximum Gasteiger partial charge on any atom is 0.338 e. The monoisotopic (exact) mass is 278 g/mol. The zero-order valence-electron chi connectivity index (χ0n) is 12.7. The standard InChI is InChI=1S/C16H22O4/c1-11(14(17)20-16(3,4)5)12(2)19-15(18)13-9-7-6-8-10-13/h6-12H,1-5H3. The van der Waals surface area contributed by atoms with Crippen molar-refractivity contribution in [1.29, 1.82) is 0 Å². The van der Waals surface area contributed by atoms with Gasteiger partial charge in [0.2, 0.25) is 0 Å². The van der Waals surface area contributed by atoms with Crippen LogP contribution in [0.1, 0.15) is 45.0 Å². The van der Waals surface area contributed by atoms with Crippen LogP contribution in [0.15, 0.2) is 30.3 Å². The lowest BCUT2D eigenvalue weighted by Crippen LogP contribution is -2.34. The first-order valence-electron chi connectivity index (χ1n) is 6.69. The molecule has 110 valence electrons. The molecule has 0 fully saturated rings. The zero-order chi connectivity index (χ0) is 15.3. The molecule has 0 radical (unpaired) electrons. The third-order valence-electron chi connectivity index (χ3n) is 2.79. The molecule has 0 aliphatic rings. The summed E-state index contributed by atoms with van der Waals surface area (Å²) in [5.74, 6) is -1.32. The van der Waals surface area contributed by atoms with E-state index < -0.39 is 23.6 Å². The summed E-state index contributed by atoms with van der Waals surface area (Å²) in [6, 6.07) is 8.70. The van der Waals surface area contributed by atoms with Gasteiger partial charge in [-0.1, -0.05) is 18.2 Å². The van der Waals surface area contributed by atoms with Crippen LogP contribution in [0.2, 0.25) is 0 Å². The molecule has 0 spiro atoms. The quantitative estimate of drug-likeness (QED) is 0.794. The molecule has 1 aromatic rings. The third-order valence-corrected chi connectivity index (χ3v) is 2.79. The molecule has 0 heterocycles. The highest BCUT2D eigenvalue weighted by atomic mass is 16.6. The van der Waals surface area contributed by atoms with E-state index in [1.54, 1.807) is 58.9 Å². The topological polar surface area (TPSA) is 52.6 Å². The van der Waals surface area contributed by atoms with E-state index in [-0.39, 0.29) is 5.97 Å². The number of esters is 2. The van der Waals surface area contributed by atoms with E-state index in [0.29, 0.717) is 5.56 Å². The molecule has 0 saturated carbocycles. The van der Waals surface area contributed by atoms with E-state index in [9.17, 15) is 9.59 Å². The number of hydrogen-bond donors (Lipinski definition) is 0. The minimum atomic E-state index is -0.547. The molecular formula is C16H22O4. The number of benzene rings is 1. The minimum Gasteiger partial charge on any atom is -0.460 e. The molecule has 0 N–H and O–H groups in total. The molecule has 0 bridgehead atoms. The van der Waals surface area contributed by atoms with Crippen LogP contribution in [0.4, 0.5) is 0 Å². The molecular weight excluding hydrogens is 256 g/mol. The molecule has 0 saturated heterocycles. The molecule has 0 aliphatic heterocycles. The number of carbonyl (C=O) groups is 2. The lowest BCUT2D eigenvalue weighted by atomic mass is 10.1. The smallest absolute Gasteiger partial charge is 0.338 e. The summed E-state index contributed by atoms with van der Waals surface area (Å²) < 4.78 is 10.6. The van der Waals surface area contributed by atoms with Crippen LogP contribution in [0.25, 0.3) is 0 Å². The Bertz CT molecular complexity index is 459. The van der Waals surface area contributed by atoms with Crippen molar-refractivity contribution in [2.75, 3.05) is 0 Å². The van der Waals surface area contributed by atoms with Gasteiger partial charge in [0.15, 0.2) is 0 Å². The minimum absolute atomic E-state index is 0.370. The van der Waals surface area contributed by atoms with Crippen molar-refractivity contribution in [3.63, 3.8) is 0 Å². The maximum absolute atomic E-state index is 11.9. The normalized spacial score (nSPS) is 14.2. The van der Waals surface area contributed by atoms with E-state index in [0.717, 1.165) is 0 Å². The van der Waals surface area contributed by atoms with Crippen molar-refractivity contribution in [2.24, 2.45) is 5.92 Å². The fourth-order valence-corrected chi connectivity index (χ4v) is 1.50. The largest absolute Gasteiger partial charge is 0.460 e. The molecule has 1 aromatic carbocycles. The molecule has 20 heavy (non-hydrogen) atoms. The highest BCUT2D eigenvalue weighted by Crippen LogP contribution is 2.16. The Kier molecular flexibility index (Phi) is 5.31. The maximum atomic E-state index is 11.9. The predicted octanol–water partition coefficient (Wildman–Crippen LogP) is 3.21. The van der Waals surface area contributed by atoms with E-state index in [1.807, 2.05) is 6.07 Å². The van der Waals surface area contributed by atoms with Crippen molar-refractivity contribution in [2.45, 2.75) is 46.3 Å². The van der Waals surface area contributed by atoms with E-state index in [1.165, 1.54) is 0 Å². The van der Waals surface area contributed by atoms with Crippen molar-refractivity contribution < 1.29 is 19.1 Å². The van der Waals surface area contributed by atoms with E-state index in [2.05, 4.69) is 0 Å². The average molecular weight is 278 g/mol. The van der Waals surface area contributed by atoms with Gasteiger partial charge in [-0.2, -0.15) is 0 Å². The van der Waals surface area contributed by atoms with Gasteiger partial charge >= 0.3 is 11.9 Å². The molecule has 0 aromatic heterocycles. The van der Waals surface area contributed by atoms with Crippen LogP contribution in [0, 0.1) is 5.92 Å². The number of ether oxygens (including phenoxy) is 2. The van der Waals surface area contributed by atoms with Gasteiger partial charge in [0.1, 0.15) is 11.7 Å². The molecule has 1 rings (SSSR count). The van der Waals surface area contributed by atoms with Crippen LogP contribution >= 0.6 is 0 Å². The van der Waals surface area contributed by atoms with Crippen LogP contribution in [-0.4, -0.2) is 23.6 Å². The lowest BCUT2D eigenvalue weighted by molar-refractivity contribution is -0.162. The van der Waals surface area contributed by atoms with Gasteiger partial charge in [-0.05, 0) is 46.8 Å². The van der Waals surface area contributed by atoms with Gasteiger partial charge in [0.05, 0.1) is 11.5 Å². The summed E-state index contributed by atoms with van der Waals surface area (Å²) in [7, 11) is 0. The first-order chi connectivity index (χ1) is 9.20. The molecule has 0 amide bonds. The third kappa shape index (κ3) is 5.03. The summed E-state index contributed by atoms with van der Waals surface area (Å²) in [5, 5.41) is 0. The summed E-state index contributed by atoms with van der Waals surface area (Å²) in [6.07, 6.45) is -0.544. The van der Waals surface area contributed by atoms with Gasteiger partial charge in [0, 0.05) is 0 Å². The Labute approximate surface area is 120 Å². The first-order valence-corrected chi connectivity index (χ1v) is 6.69. The molecule has 2 unspecified atom stereocenters. The van der Waals surface area contributed by atoms with Gasteiger partial charge in [-0.3, -0.25) is 4.79 Å². The number of carbonyl (C=O) groups excluding carboxylic acids is 2. The summed E-state index contributed by atoms with van der Waals surface area (Å²) >= 11 is 0. The molecule has 4 heteroatoms. The number of rotatable bonds is 4. The Balaban J connectivity index is 2.60. The van der Waals surface area contributed by atoms with E-state index >= 15 is 0 Å². The molecule has 0 aliphatic carbocycles. The van der Waals surface area contributed by atoms with Crippen molar-refractivity contribution in [3.8, 4) is 0 Å². The first kappa shape index (κ1) is 16.2.